The lowest BCUT2D eigenvalue weighted by Crippen LogP contribution is -2.54. The summed E-state index contributed by atoms with van der Waals surface area (Å²) in [6.07, 6.45) is 1.72. The summed E-state index contributed by atoms with van der Waals surface area (Å²) in [5, 5.41) is 14.9. The van der Waals surface area contributed by atoms with Crippen molar-refractivity contribution in [1.29, 1.82) is 0 Å². The Balaban J connectivity index is 1.73. The minimum atomic E-state index is -4.35. The molecule has 0 aliphatic heterocycles. The van der Waals surface area contributed by atoms with Gasteiger partial charge >= 0.3 is 11.9 Å². The average Bonchev–Trinajstić information content (AvgIpc) is 3.14. The van der Waals surface area contributed by atoms with Crippen molar-refractivity contribution in [2.75, 3.05) is 6.61 Å². The van der Waals surface area contributed by atoms with Crippen LogP contribution in [0.4, 0.5) is 5.69 Å². The first-order valence-electron chi connectivity index (χ1n) is 17.3. The maximum absolute atomic E-state index is 14.3. The fraction of sp³-hybridized carbons (Fsp3) is 0.317. The van der Waals surface area contributed by atoms with Gasteiger partial charge in [-0.05, 0) is 82.7 Å². The zero-order chi connectivity index (χ0) is 38.6. The van der Waals surface area contributed by atoms with Crippen LogP contribution < -0.4 is 5.32 Å². The number of hydrogen-bond donors (Lipinski definition) is 1. The molecule has 0 aromatic heterocycles. The van der Waals surface area contributed by atoms with Crippen molar-refractivity contribution in [3.63, 3.8) is 0 Å². The summed E-state index contributed by atoms with van der Waals surface area (Å²) in [5.74, 6) is -1.76. The number of nitro benzene ring substituents is 1. The van der Waals surface area contributed by atoms with Crippen molar-refractivity contribution >= 4 is 27.7 Å². The predicted octanol–water partition coefficient (Wildman–Crippen LogP) is 7.85. The normalized spacial score (nSPS) is 13.5. The Labute approximate surface area is 311 Å². The molecule has 4 rings (SSSR count). The topological polar surface area (TPSA) is 151 Å². The number of carbonyl (C=O) groups is 2. The molecular weight excluding hydrogens is 697 g/mol. The number of non-ortho nitro benzene ring substituents is 1. The van der Waals surface area contributed by atoms with E-state index in [-0.39, 0.29) is 30.8 Å². The van der Waals surface area contributed by atoms with Crippen LogP contribution in [-0.4, -0.2) is 43.5 Å². The van der Waals surface area contributed by atoms with E-state index in [2.05, 4.69) is 5.32 Å². The number of esters is 2. The fourth-order valence-electron chi connectivity index (χ4n) is 5.90. The second-order valence-electron chi connectivity index (χ2n) is 13.5. The van der Waals surface area contributed by atoms with E-state index in [9.17, 15) is 28.1 Å². The number of rotatable bonds is 17. The molecule has 0 amide bonds. The zero-order valence-corrected chi connectivity index (χ0v) is 31.4. The van der Waals surface area contributed by atoms with E-state index in [0.29, 0.717) is 5.76 Å². The summed E-state index contributed by atoms with van der Waals surface area (Å²) in [6, 6.07) is 32.6. The van der Waals surface area contributed by atoms with Crippen molar-refractivity contribution < 1.29 is 36.6 Å². The molecule has 0 heterocycles. The molecule has 0 fully saturated rings. The maximum atomic E-state index is 14.3. The van der Waals surface area contributed by atoms with E-state index in [0.717, 1.165) is 22.8 Å². The van der Waals surface area contributed by atoms with Crippen LogP contribution in [0.5, 0.6) is 0 Å². The van der Waals surface area contributed by atoms with Crippen LogP contribution in [0.15, 0.2) is 132 Å². The highest BCUT2D eigenvalue weighted by Crippen LogP contribution is 2.38. The third-order valence-electron chi connectivity index (χ3n) is 8.48. The SMILES string of the molecule is C/C=C(\C)OC(=O)[C@@H](CCCOS(=O)(=O)c1cccc([N+](=O)[O-])c1)C[C@H](NC(c1ccccc1)(c1ccccc1)c1ccccc1)C(=O)OC(C)(C)C. The first-order chi connectivity index (χ1) is 25.2. The van der Waals surface area contributed by atoms with Crippen molar-refractivity contribution in [2.45, 2.75) is 76.0 Å². The number of nitrogens with zero attached hydrogens (tertiary/aromatic N) is 1. The quantitative estimate of drug-likeness (QED) is 0.0215. The van der Waals surface area contributed by atoms with Gasteiger partial charge in [-0.15, -0.1) is 0 Å². The molecule has 0 aliphatic carbocycles. The highest BCUT2D eigenvalue weighted by atomic mass is 32.2. The van der Waals surface area contributed by atoms with Crippen LogP contribution in [0, 0.1) is 16.0 Å². The van der Waals surface area contributed by atoms with Gasteiger partial charge in [0.05, 0.1) is 23.0 Å². The summed E-state index contributed by atoms with van der Waals surface area (Å²) in [4.78, 5) is 38.2. The van der Waals surface area contributed by atoms with E-state index in [1.54, 1.807) is 40.7 Å². The van der Waals surface area contributed by atoms with Gasteiger partial charge in [0.25, 0.3) is 15.8 Å². The molecule has 0 aliphatic rings. The molecule has 4 aromatic carbocycles. The highest BCUT2D eigenvalue weighted by molar-refractivity contribution is 7.86. The van der Waals surface area contributed by atoms with Crippen LogP contribution in [0.2, 0.25) is 0 Å². The average molecular weight is 743 g/mol. The van der Waals surface area contributed by atoms with E-state index >= 15 is 0 Å². The molecule has 0 bridgehead atoms. The van der Waals surface area contributed by atoms with E-state index in [1.807, 2.05) is 91.0 Å². The summed E-state index contributed by atoms with van der Waals surface area (Å²) in [6.45, 7) is 8.33. The third kappa shape index (κ3) is 10.9. The Morgan fingerprint density at radius 2 is 1.36 bits per heavy atom. The second kappa shape index (κ2) is 18.0. The van der Waals surface area contributed by atoms with Crippen LogP contribution in [0.3, 0.4) is 0 Å². The maximum Gasteiger partial charge on any atom is 0.323 e. The molecule has 0 saturated heterocycles. The van der Waals surface area contributed by atoms with Crippen molar-refractivity contribution in [2.24, 2.45) is 5.92 Å². The van der Waals surface area contributed by atoms with E-state index in [4.69, 9.17) is 13.7 Å². The van der Waals surface area contributed by atoms with Gasteiger partial charge in [0, 0.05) is 12.1 Å². The lowest BCUT2D eigenvalue weighted by atomic mass is 9.76. The molecule has 4 aromatic rings. The first-order valence-corrected chi connectivity index (χ1v) is 18.7. The third-order valence-corrected chi connectivity index (χ3v) is 9.78. The molecule has 0 radical (unpaired) electrons. The fourth-order valence-corrected chi connectivity index (χ4v) is 6.88. The van der Waals surface area contributed by atoms with Crippen molar-refractivity contribution in [3.8, 4) is 0 Å². The van der Waals surface area contributed by atoms with Crippen LogP contribution in [-0.2, 0) is 38.9 Å². The molecule has 0 saturated carbocycles. The lowest BCUT2D eigenvalue weighted by Gasteiger charge is -2.40. The minimum absolute atomic E-state index is 0.0728. The number of ether oxygens (including phenoxy) is 2. The standard InChI is InChI=1S/C41H46N2O9S/c1-6-30(2)51-38(44)31(18-17-27-50-53(48,49)36-26-16-25-35(29-36)43(46)47)28-37(39(45)52-40(3,4)5)42-41(32-19-10-7-11-20-32,33-21-12-8-13-22-33)34-23-14-9-15-24-34/h6-16,19-26,29,31,37,42H,17-18,27-28H2,1-5H3/b30-6+/t31-,37-/m0/s1. The minimum Gasteiger partial charge on any atom is -0.459 e. The molecule has 12 heteroatoms. The van der Waals surface area contributed by atoms with Crippen LogP contribution in [0.1, 0.15) is 70.6 Å². The first kappa shape index (κ1) is 40.6. The largest absolute Gasteiger partial charge is 0.459 e. The Morgan fingerprint density at radius 3 is 1.83 bits per heavy atom. The molecule has 1 N–H and O–H groups in total. The van der Waals surface area contributed by atoms with Gasteiger partial charge in [-0.3, -0.25) is 29.2 Å². The molecule has 2 atom stereocenters. The molecule has 53 heavy (non-hydrogen) atoms. The van der Waals surface area contributed by atoms with Gasteiger partial charge < -0.3 is 9.47 Å². The Bertz CT molecular complexity index is 1880. The monoisotopic (exact) mass is 742 g/mol. The van der Waals surface area contributed by atoms with Gasteiger partial charge in [-0.2, -0.15) is 8.42 Å². The van der Waals surface area contributed by atoms with E-state index < -0.39 is 55.8 Å². The van der Waals surface area contributed by atoms with Crippen molar-refractivity contribution in [1.82, 2.24) is 5.32 Å². The van der Waals surface area contributed by atoms with E-state index in [1.165, 1.54) is 18.2 Å². The van der Waals surface area contributed by atoms with Gasteiger partial charge in [0.2, 0.25) is 0 Å². The number of carbonyl (C=O) groups excluding carboxylic acids is 2. The second-order valence-corrected chi connectivity index (χ2v) is 15.1. The Morgan fingerprint density at radius 1 is 0.830 bits per heavy atom. The summed E-state index contributed by atoms with van der Waals surface area (Å²) >= 11 is 0. The number of benzene rings is 4. The number of allylic oxidation sites excluding steroid dienone is 2. The van der Waals surface area contributed by atoms with Crippen LogP contribution in [0.25, 0.3) is 0 Å². The van der Waals surface area contributed by atoms with Gasteiger partial charge in [-0.25, -0.2) is 0 Å². The summed E-state index contributed by atoms with van der Waals surface area (Å²) in [5.41, 5.74) is 0.182. The smallest absolute Gasteiger partial charge is 0.323 e. The lowest BCUT2D eigenvalue weighted by molar-refractivity contribution is -0.385. The van der Waals surface area contributed by atoms with Gasteiger partial charge in [-0.1, -0.05) is 97.1 Å². The Kier molecular flexibility index (Phi) is 13.8. The zero-order valence-electron chi connectivity index (χ0n) is 30.6. The molecular formula is C41H46N2O9S. The molecule has 280 valence electrons. The van der Waals surface area contributed by atoms with Gasteiger partial charge in [0.15, 0.2) is 0 Å². The molecule has 0 unspecified atom stereocenters. The predicted molar refractivity (Wildman–Crippen MR) is 201 cm³/mol. The summed E-state index contributed by atoms with van der Waals surface area (Å²) < 4.78 is 42.7. The number of hydrogen-bond acceptors (Lipinski definition) is 10. The molecule has 0 spiro atoms. The summed E-state index contributed by atoms with van der Waals surface area (Å²) in [7, 11) is -4.35. The number of nitrogens with one attached hydrogen (secondary N) is 1. The van der Waals surface area contributed by atoms with Crippen LogP contribution >= 0.6 is 0 Å². The van der Waals surface area contributed by atoms with Gasteiger partial charge in [0.1, 0.15) is 22.3 Å². The number of nitro groups is 1. The Hall–Kier alpha value is -5.17. The molecule has 11 nitrogen and oxygen atoms in total. The van der Waals surface area contributed by atoms with Crippen molar-refractivity contribution in [3.05, 3.63) is 154 Å². The highest BCUT2D eigenvalue weighted by Gasteiger charge is 2.42.